The van der Waals surface area contributed by atoms with E-state index in [-0.39, 0.29) is 0 Å². The molecule has 0 aromatic rings. The van der Waals surface area contributed by atoms with E-state index < -0.39 is 0 Å². The number of rotatable bonds is 0. The van der Waals surface area contributed by atoms with Gasteiger partial charge < -0.3 is 10.1 Å². The second kappa shape index (κ2) is 2.44. The summed E-state index contributed by atoms with van der Waals surface area (Å²) in [6, 6.07) is 0. The van der Waals surface area contributed by atoms with Crippen LogP contribution in [0, 0.1) is 0 Å². The second-order valence-corrected chi connectivity index (χ2v) is 1.54. The van der Waals surface area contributed by atoms with Crippen molar-refractivity contribution in [1.29, 1.82) is 0 Å². The minimum Gasteiger partial charge on any atom is -0.409 e. The van der Waals surface area contributed by atoms with Gasteiger partial charge in [-0.2, -0.15) is 0 Å². The van der Waals surface area contributed by atoms with E-state index in [0.29, 0.717) is 5.84 Å². The maximum Gasteiger partial charge on any atom is 0.140 e. The van der Waals surface area contributed by atoms with Crippen LogP contribution >= 0.6 is 0 Å². The summed E-state index contributed by atoms with van der Waals surface area (Å²) < 4.78 is 0. The quantitative estimate of drug-likeness (QED) is 0.207. The van der Waals surface area contributed by atoms with Gasteiger partial charge in [0.1, 0.15) is 5.84 Å². The topological polar surface area (TPSA) is 35.8 Å². The van der Waals surface area contributed by atoms with Gasteiger partial charge in [-0.05, 0) is 6.92 Å². The first-order chi connectivity index (χ1) is 3.18. The smallest absolute Gasteiger partial charge is 0.140 e. The van der Waals surface area contributed by atoms with E-state index >= 15 is 0 Å². The third-order valence-corrected chi connectivity index (χ3v) is 0.792. The predicted octanol–water partition coefficient (Wildman–Crippen LogP) is 0.356. The molecule has 0 bridgehead atoms. The van der Waals surface area contributed by atoms with E-state index in [0.717, 1.165) is 0 Å². The van der Waals surface area contributed by atoms with Gasteiger partial charge in [0.2, 0.25) is 0 Å². The molecule has 0 heterocycles. The van der Waals surface area contributed by atoms with Crippen LogP contribution in [0.3, 0.4) is 0 Å². The van der Waals surface area contributed by atoms with Crippen LogP contribution in [0.4, 0.5) is 0 Å². The molecule has 0 fully saturated rings. The Bertz CT molecular complexity index is 77.8. The van der Waals surface area contributed by atoms with Crippen molar-refractivity contribution in [3.05, 3.63) is 0 Å². The first kappa shape index (κ1) is 6.27. The third kappa shape index (κ3) is 2.03. The average Bonchev–Trinajstić information content (AvgIpc) is 1.65. The van der Waals surface area contributed by atoms with Crippen LogP contribution < -0.4 is 0 Å². The van der Waals surface area contributed by atoms with E-state index in [1.165, 1.54) is 0 Å². The zero-order valence-corrected chi connectivity index (χ0v) is 4.84. The summed E-state index contributed by atoms with van der Waals surface area (Å²) in [5.41, 5.74) is 0. The Balaban J connectivity index is 3.56. The molecule has 42 valence electrons. The van der Waals surface area contributed by atoms with E-state index in [1.54, 1.807) is 11.8 Å². The van der Waals surface area contributed by atoms with Gasteiger partial charge in [-0.15, -0.1) is 0 Å². The minimum absolute atomic E-state index is 0.611. The van der Waals surface area contributed by atoms with Crippen LogP contribution in [0.2, 0.25) is 0 Å². The zero-order valence-electron chi connectivity index (χ0n) is 4.84. The van der Waals surface area contributed by atoms with Gasteiger partial charge in [-0.3, -0.25) is 0 Å². The monoisotopic (exact) mass is 102 g/mol. The number of amidine groups is 1. The van der Waals surface area contributed by atoms with Crippen LogP contribution in [0.25, 0.3) is 0 Å². The number of hydrogen-bond acceptors (Lipinski definition) is 2. The van der Waals surface area contributed by atoms with Crippen molar-refractivity contribution in [3.8, 4) is 0 Å². The van der Waals surface area contributed by atoms with Gasteiger partial charge in [0.15, 0.2) is 0 Å². The number of nitrogens with zero attached hydrogens (tertiary/aromatic N) is 2. The molecule has 3 nitrogen and oxygen atoms in total. The van der Waals surface area contributed by atoms with Gasteiger partial charge in [-0.1, -0.05) is 5.16 Å². The Morgan fingerprint density at radius 3 is 2.00 bits per heavy atom. The zero-order chi connectivity index (χ0) is 5.86. The molecule has 0 unspecified atom stereocenters. The fourth-order valence-electron chi connectivity index (χ4n) is 0.0894. The Kier molecular flexibility index (Phi) is 2.19. The summed E-state index contributed by atoms with van der Waals surface area (Å²) in [5.74, 6) is 0.611. The summed E-state index contributed by atoms with van der Waals surface area (Å²) in [4.78, 5) is 1.72. The van der Waals surface area contributed by atoms with Crippen LogP contribution in [0.15, 0.2) is 5.16 Å². The first-order valence-corrected chi connectivity index (χ1v) is 2.04. The fourth-order valence-corrected chi connectivity index (χ4v) is 0.0894. The molecule has 0 aromatic carbocycles. The van der Waals surface area contributed by atoms with Gasteiger partial charge in [0.25, 0.3) is 0 Å². The normalized spacial score (nSPS) is 11.6. The minimum atomic E-state index is 0.611. The van der Waals surface area contributed by atoms with Crippen LogP contribution in [0.1, 0.15) is 6.92 Å². The summed E-state index contributed by atoms with van der Waals surface area (Å²) in [5, 5.41) is 11.0. The van der Waals surface area contributed by atoms with Crippen molar-refractivity contribution in [2.75, 3.05) is 14.1 Å². The molecule has 3 heteroatoms. The van der Waals surface area contributed by atoms with Crippen LogP contribution in [-0.4, -0.2) is 30.0 Å². The van der Waals surface area contributed by atoms with Crippen molar-refractivity contribution in [2.45, 2.75) is 6.92 Å². The van der Waals surface area contributed by atoms with E-state index in [4.69, 9.17) is 5.21 Å². The molecule has 0 spiro atoms. The van der Waals surface area contributed by atoms with Crippen LogP contribution in [-0.2, 0) is 0 Å². The lowest BCUT2D eigenvalue weighted by molar-refractivity contribution is 0.309. The molecule has 0 aromatic heterocycles. The maximum absolute atomic E-state index is 8.05. The third-order valence-electron chi connectivity index (χ3n) is 0.792. The van der Waals surface area contributed by atoms with Crippen molar-refractivity contribution < 1.29 is 5.21 Å². The highest BCUT2D eigenvalue weighted by Crippen LogP contribution is 1.76. The molecule has 0 rings (SSSR count). The molecule has 0 radical (unpaired) electrons. The molecule has 0 aliphatic heterocycles. The lowest BCUT2D eigenvalue weighted by atomic mass is 10.6. The van der Waals surface area contributed by atoms with Crippen LogP contribution in [0.5, 0.6) is 0 Å². The Hall–Kier alpha value is -0.730. The van der Waals surface area contributed by atoms with Crippen molar-refractivity contribution in [1.82, 2.24) is 4.90 Å². The molecule has 0 amide bonds. The lowest BCUT2D eigenvalue weighted by Crippen LogP contribution is -2.17. The summed E-state index contributed by atoms with van der Waals surface area (Å²) >= 11 is 0. The van der Waals surface area contributed by atoms with Gasteiger partial charge in [0.05, 0.1) is 0 Å². The predicted molar refractivity (Wildman–Crippen MR) is 28.6 cm³/mol. The van der Waals surface area contributed by atoms with E-state index in [2.05, 4.69) is 5.16 Å². The van der Waals surface area contributed by atoms with E-state index in [1.807, 2.05) is 14.1 Å². The maximum atomic E-state index is 8.05. The highest BCUT2D eigenvalue weighted by Gasteiger charge is 1.87. The first-order valence-electron chi connectivity index (χ1n) is 2.04. The summed E-state index contributed by atoms with van der Waals surface area (Å²) in [6.07, 6.45) is 0. The molecule has 0 atom stereocenters. The largest absolute Gasteiger partial charge is 0.409 e. The summed E-state index contributed by atoms with van der Waals surface area (Å²) in [6.45, 7) is 1.72. The van der Waals surface area contributed by atoms with E-state index in [9.17, 15) is 0 Å². The Morgan fingerprint density at radius 1 is 1.57 bits per heavy atom. The Labute approximate surface area is 43.2 Å². The fraction of sp³-hybridized carbons (Fsp3) is 0.750. The molecule has 0 saturated carbocycles. The molecule has 0 aliphatic carbocycles. The molecule has 7 heavy (non-hydrogen) atoms. The van der Waals surface area contributed by atoms with Gasteiger partial charge in [0, 0.05) is 14.1 Å². The molecule has 0 saturated heterocycles. The number of hydrogen-bond donors (Lipinski definition) is 1. The number of oxime groups is 1. The Morgan fingerprint density at radius 2 is 2.00 bits per heavy atom. The molecular weight excluding hydrogens is 92.1 g/mol. The standard InChI is InChI=1S/C4H10N2O/c1-4(5-7)6(2)3/h7H,1-3H3/b5-4+. The van der Waals surface area contributed by atoms with Crippen molar-refractivity contribution >= 4 is 5.84 Å². The second-order valence-electron chi connectivity index (χ2n) is 1.54. The SMILES string of the molecule is C/C(=N\O)N(C)C. The molecule has 1 N–H and O–H groups in total. The van der Waals surface area contributed by atoms with Crippen molar-refractivity contribution in [3.63, 3.8) is 0 Å². The van der Waals surface area contributed by atoms with Crippen molar-refractivity contribution in [2.24, 2.45) is 5.16 Å². The molecule has 0 aliphatic rings. The van der Waals surface area contributed by atoms with Gasteiger partial charge >= 0.3 is 0 Å². The highest BCUT2D eigenvalue weighted by atomic mass is 16.4. The lowest BCUT2D eigenvalue weighted by Gasteiger charge is -2.06. The van der Waals surface area contributed by atoms with Gasteiger partial charge in [-0.25, -0.2) is 0 Å². The summed E-state index contributed by atoms with van der Waals surface area (Å²) in [7, 11) is 3.63. The average molecular weight is 102 g/mol. The highest BCUT2D eigenvalue weighted by molar-refractivity contribution is 5.78. The molecular formula is C4H10N2O.